The number of rotatable bonds is 6. The standard InChI is InChI=1S/C18H22N2O6/c1-10(2)23-6-7-24-17(21)15-11(3)19-18(22)20-16(15)12-4-5-13-14(8-12)26-9-25-13/h4-5,8,10,16H,6-7,9H2,1-3H3,(H2,19,20,22)/t16-/m1/s1. The maximum absolute atomic E-state index is 12.6. The highest BCUT2D eigenvalue weighted by molar-refractivity contribution is 5.95. The van der Waals surface area contributed by atoms with E-state index in [0.29, 0.717) is 34.9 Å². The average molecular weight is 362 g/mol. The Hall–Kier alpha value is -2.74. The second-order valence-electron chi connectivity index (χ2n) is 6.24. The SMILES string of the molecule is CC1=C(C(=O)OCCOC(C)C)[C@@H](c2ccc3c(c2)OCO3)NC(=O)N1. The number of ether oxygens (including phenoxy) is 4. The molecule has 0 unspecified atom stereocenters. The van der Waals surface area contributed by atoms with Crippen LogP contribution in [0.1, 0.15) is 32.4 Å². The third kappa shape index (κ3) is 3.91. The van der Waals surface area contributed by atoms with E-state index in [4.69, 9.17) is 18.9 Å². The number of hydrogen-bond donors (Lipinski definition) is 2. The van der Waals surface area contributed by atoms with Gasteiger partial charge in [-0.15, -0.1) is 0 Å². The molecule has 140 valence electrons. The Bertz CT molecular complexity index is 743. The lowest BCUT2D eigenvalue weighted by atomic mass is 9.95. The molecule has 1 atom stereocenters. The number of carbonyl (C=O) groups is 2. The molecule has 0 bridgehead atoms. The van der Waals surface area contributed by atoms with E-state index in [-0.39, 0.29) is 25.5 Å². The zero-order valence-corrected chi connectivity index (χ0v) is 15.0. The van der Waals surface area contributed by atoms with E-state index in [2.05, 4.69) is 10.6 Å². The van der Waals surface area contributed by atoms with E-state index >= 15 is 0 Å². The van der Waals surface area contributed by atoms with Crippen molar-refractivity contribution in [2.45, 2.75) is 32.9 Å². The van der Waals surface area contributed by atoms with Gasteiger partial charge in [0.2, 0.25) is 6.79 Å². The van der Waals surface area contributed by atoms with Crippen molar-refractivity contribution in [2.75, 3.05) is 20.0 Å². The maximum atomic E-state index is 12.6. The molecule has 0 saturated heterocycles. The first-order chi connectivity index (χ1) is 12.5. The van der Waals surface area contributed by atoms with Crippen molar-refractivity contribution in [2.24, 2.45) is 0 Å². The summed E-state index contributed by atoms with van der Waals surface area (Å²) in [4.78, 5) is 24.5. The van der Waals surface area contributed by atoms with Crippen LogP contribution in [0.15, 0.2) is 29.5 Å². The van der Waals surface area contributed by atoms with Crippen LogP contribution in [0, 0.1) is 0 Å². The van der Waals surface area contributed by atoms with Crippen molar-refractivity contribution in [3.05, 3.63) is 35.0 Å². The number of benzene rings is 1. The van der Waals surface area contributed by atoms with Crippen LogP contribution >= 0.6 is 0 Å². The van der Waals surface area contributed by atoms with Gasteiger partial charge in [0, 0.05) is 5.70 Å². The van der Waals surface area contributed by atoms with Gasteiger partial charge in [0.1, 0.15) is 6.61 Å². The lowest BCUT2D eigenvalue weighted by Gasteiger charge is -2.28. The number of amides is 2. The number of allylic oxidation sites excluding steroid dienone is 1. The minimum Gasteiger partial charge on any atom is -0.460 e. The molecule has 0 radical (unpaired) electrons. The highest BCUT2D eigenvalue weighted by Crippen LogP contribution is 2.36. The molecule has 1 aromatic rings. The van der Waals surface area contributed by atoms with E-state index in [0.717, 1.165) is 0 Å². The lowest BCUT2D eigenvalue weighted by molar-refractivity contribution is -0.141. The molecular formula is C18H22N2O6. The Morgan fingerprint density at radius 2 is 2.04 bits per heavy atom. The van der Waals surface area contributed by atoms with Crippen LogP contribution in [0.4, 0.5) is 4.79 Å². The van der Waals surface area contributed by atoms with Gasteiger partial charge in [0.25, 0.3) is 0 Å². The molecule has 2 amide bonds. The maximum Gasteiger partial charge on any atom is 0.338 e. The highest BCUT2D eigenvalue weighted by Gasteiger charge is 2.33. The third-order valence-corrected chi connectivity index (χ3v) is 3.99. The van der Waals surface area contributed by atoms with Gasteiger partial charge in [-0.05, 0) is 38.5 Å². The molecule has 3 rings (SSSR count). The Balaban J connectivity index is 1.79. The summed E-state index contributed by atoms with van der Waals surface area (Å²) in [7, 11) is 0. The summed E-state index contributed by atoms with van der Waals surface area (Å²) < 4.78 is 21.4. The number of carbonyl (C=O) groups excluding carboxylic acids is 2. The van der Waals surface area contributed by atoms with Gasteiger partial charge in [0.05, 0.1) is 24.3 Å². The molecule has 0 aliphatic carbocycles. The van der Waals surface area contributed by atoms with Crippen molar-refractivity contribution in [1.82, 2.24) is 10.6 Å². The number of nitrogens with one attached hydrogen (secondary N) is 2. The fourth-order valence-electron chi connectivity index (χ4n) is 2.80. The topological polar surface area (TPSA) is 95.1 Å². The van der Waals surface area contributed by atoms with Crippen molar-refractivity contribution in [3.8, 4) is 11.5 Å². The van der Waals surface area contributed by atoms with E-state index in [9.17, 15) is 9.59 Å². The van der Waals surface area contributed by atoms with Crippen LogP contribution in [-0.2, 0) is 14.3 Å². The Labute approximate surface area is 151 Å². The van der Waals surface area contributed by atoms with E-state index in [1.54, 1.807) is 25.1 Å². The molecule has 0 saturated carbocycles. The fourth-order valence-corrected chi connectivity index (χ4v) is 2.80. The molecule has 8 nitrogen and oxygen atoms in total. The lowest BCUT2D eigenvalue weighted by Crippen LogP contribution is -2.45. The number of esters is 1. The minimum atomic E-state index is -0.642. The molecule has 2 aliphatic rings. The van der Waals surface area contributed by atoms with Crippen molar-refractivity contribution in [3.63, 3.8) is 0 Å². The molecule has 0 fully saturated rings. The van der Waals surface area contributed by atoms with E-state index in [1.807, 2.05) is 13.8 Å². The van der Waals surface area contributed by atoms with Gasteiger partial charge in [-0.1, -0.05) is 6.07 Å². The smallest absolute Gasteiger partial charge is 0.338 e. The first-order valence-electron chi connectivity index (χ1n) is 8.42. The van der Waals surface area contributed by atoms with Crippen molar-refractivity contribution in [1.29, 1.82) is 0 Å². The van der Waals surface area contributed by atoms with Gasteiger partial charge in [-0.25, -0.2) is 9.59 Å². The first kappa shape index (κ1) is 18.1. The molecular weight excluding hydrogens is 340 g/mol. The van der Waals surface area contributed by atoms with Crippen LogP contribution in [0.25, 0.3) is 0 Å². The Kier molecular flexibility index (Phi) is 5.32. The van der Waals surface area contributed by atoms with E-state index < -0.39 is 12.0 Å². The number of fused-ring (bicyclic) bond motifs is 1. The largest absolute Gasteiger partial charge is 0.460 e. The molecule has 1 aromatic carbocycles. The predicted octanol–water partition coefficient (Wildman–Crippen LogP) is 2.01. The minimum absolute atomic E-state index is 0.0617. The molecule has 2 heterocycles. The zero-order valence-electron chi connectivity index (χ0n) is 15.0. The van der Waals surface area contributed by atoms with Gasteiger partial charge in [0.15, 0.2) is 11.5 Å². The van der Waals surface area contributed by atoms with Gasteiger partial charge < -0.3 is 29.6 Å². The van der Waals surface area contributed by atoms with Gasteiger partial charge in [-0.3, -0.25) is 0 Å². The first-order valence-corrected chi connectivity index (χ1v) is 8.42. The fraction of sp³-hybridized carbons (Fsp3) is 0.444. The molecule has 0 spiro atoms. The Morgan fingerprint density at radius 1 is 1.27 bits per heavy atom. The summed E-state index contributed by atoms with van der Waals surface area (Å²) in [5, 5.41) is 5.37. The number of hydrogen-bond acceptors (Lipinski definition) is 6. The molecule has 8 heteroatoms. The van der Waals surface area contributed by atoms with Crippen LogP contribution in [-0.4, -0.2) is 38.1 Å². The summed E-state index contributed by atoms with van der Waals surface area (Å²) in [5.74, 6) is 0.695. The number of urea groups is 1. The van der Waals surface area contributed by atoms with Crippen LogP contribution in [0.2, 0.25) is 0 Å². The summed E-state index contributed by atoms with van der Waals surface area (Å²) in [6, 6.07) is 4.26. The van der Waals surface area contributed by atoms with Gasteiger partial charge in [-0.2, -0.15) is 0 Å². The Morgan fingerprint density at radius 3 is 2.81 bits per heavy atom. The van der Waals surface area contributed by atoms with E-state index in [1.165, 1.54) is 0 Å². The highest BCUT2D eigenvalue weighted by atomic mass is 16.7. The monoisotopic (exact) mass is 362 g/mol. The van der Waals surface area contributed by atoms with Crippen molar-refractivity contribution >= 4 is 12.0 Å². The van der Waals surface area contributed by atoms with Crippen LogP contribution < -0.4 is 20.1 Å². The predicted molar refractivity (Wildman–Crippen MR) is 91.7 cm³/mol. The van der Waals surface area contributed by atoms with Gasteiger partial charge >= 0.3 is 12.0 Å². The molecule has 26 heavy (non-hydrogen) atoms. The summed E-state index contributed by atoms with van der Waals surface area (Å²) in [6.07, 6.45) is 0.0617. The molecule has 0 aromatic heterocycles. The second-order valence-corrected chi connectivity index (χ2v) is 6.24. The summed E-state index contributed by atoms with van der Waals surface area (Å²) in [5.41, 5.74) is 1.49. The summed E-state index contributed by atoms with van der Waals surface area (Å²) in [6.45, 7) is 6.08. The van der Waals surface area contributed by atoms with Crippen LogP contribution in [0.3, 0.4) is 0 Å². The van der Waals surface area contributed by atoms with Crippen molar-refractivity contribution < 1.29 is 28.5 Å². The summed E-state index contributed by atoms with van der Waals surface area (Å²) >= 11 is 0. The average Bonchev–Trinajstić information content (AvgIpc) is 3.05. The zero-order chi connectivity index (χ0) is 18.7. The second kappa shape index (κ2) is 7.65. The van der Waals surface area contributed by atoms with Crippen LogP contribution in [0.5, 0.6) is 11.5 Å². The molecule has 2 aliphatic heterocycles. The molecule has 2 N–H and O–H groups in total. The normalized spacial score (nSPS) is 18.6. The third-order valence-electron chi connectivity index (χ3n) is 3.99. The quantitative estimate of drug-likeness (QED) is 0.594.